The summed E-state index contributed by atoms with van der Waals surface area (Å²) >= 11 is 12.3. The van der Waals surface area contributed by atoms with Crippen molar-refractivity contribution in [3.63, 3.8) is 0 Å². The smallest absolute Gasteiger partial charge is 0.180 e. The summed E-state index contributed by atoms with van der Waals surface area (Å²) in [6.45, 7) is 1.36. The number of hydrogen-bond donors (Lipinski definition) is 2. The number of hydrogen-bond acceptors (Lipinski definition) is 4. The Bertz CT molecular complexity index is 693. The Morgan fingerprint density at radius 1 is 1.20 bits per heavy atom. The van der Waals surface area contributed by atoms with Gasteiger partial charge < -0.3 is 19.9 Å². The van der Waals surface area contributed by atoms with Crippen molar-refractivity contribution in [2.75, 3.05) is 20.3 Å². The SMILES string of the molecule is COc1cc(CNCCCO)cc(Cl)c1OCc1c(F)cccc1Cl. The molecule has 0 saturated carbocycles. The number of benzene rings is 2. The molecule has 0 spiro atoms. The average Bonchev–Trinajstić information content (AvgIpc) is 2.59. The molecule has 25 heavy (non-hydrogen) atoms. The molecule has 0 fully saturated rings. The van der Waals surface area contributed by atoms with Crippen LogP contribution >= 0.6 is 23.2 Å². The summed E-state index contributed by atoms with van der Waals surface area (Å²) in [7, 11) is 1.51. The highest BCUT2D eigenvalue weighted by Crippen LogP contribution is 2.37. The standard InChI is InChI=1S/C18H20Cl2FNO3/c1-24-17-9-12(10-22-6-3-7-23)8-15(20)18(17)25-11-13-14(19)4-2-5-16(13)21/h2,4-5,8-9,22-23H,3,6-7,10-11H2,1H3. The van der Waals surface area contributed by atoms with Crippen LogP contribution in [0.25, 0.3) is 0 Å². The number of nitrogens with one attached hydrogen (secondary N) is 1. The number of rotatable bonds is 9. The molecule has 0 amide bonds. The zero-order valence-electron chi connectivity index (χ0n) is 13.8. The third-order valence-electron chi connectivity index (χ3n) is 3.55. The van der Waals surface area contributed by atoms with Crippen molar-refractivity contribution < 1.29 is 19.0 Å². The average molecular weight is 388 g/mol. The first-order chi connectivity index (χ1) is 12.1. The molecule has 0 bridgehead atoms. The highest BCUT2D eigenvalue weighted by Gasteiger charge is 2.14. The van der Waals surface area contributed by atoms with Crippen LogP contribution in [0.3, 0.4) is 0 Å². The molecule has 7 heteroatoms. The molecule has 0 radical (unpaired) electrons. The van der Waals surface area contributed by atoms with Crippen LogP contribution in [0.1, 0.15) is 17.5 Å². The highest BCUT2D eigenvalue weighted by atomic mass is 35.5. The molecular formula is C18H20Cl2FNO3. The monoisotopic (exact) mass is 387 g/mol. The molecule has 0 saturated heterocycles. The predicted octanol–water partition coefficient (Wildman–Crippen LogP) is 4.19. The van der Waals surface area contributed by atoms with Crippen LogP contribution in [0.4, 0.5) is 4.39 Å². The first-order valence-corrected chi connectivity index (χ1v) is 8.56. The summed E-state index contributed by atoms with van der Waals surface area (Å²) in [5, 5.41) is 12.6. The Morgan fingerprint density at radius 2 is 2.00 bits per heavy atom. The van der Waals surface area contributed by atoms with E-state index in [4.69, 9.17) is 37.8 Å². The van der Waals surface area contributed by atoms with Gasteiger partial charge in [-0.25, -0.2) is 4.39 Å². The molecule has 2 N–H and O–H groups in total. The first kappa shape index (κ1) is 19.8. The summed E-state index contributed by atoms with van der Waals surface area (Å²) in [6.07, 6.45) is 0.676. The minimum Gasteiger partial charge on any atom is -0.493 e. The molecule has 0 unspecified atom stereocenters. The first-order valence-electron chi connectivity index (χ1n) is 7.80. The summed E-state index contributed by atoms with van der Waals surface area (Å²) < 4.78 is 24.9. The van der Waals surface area contributed by atoms with Gasteiger partial charge in [0.2, 0.25) is 0 Å². The van der Waals surface area contributed by atoms with Gasteiger partial charge in [0.05, 0.1) is 17.2 Å². The number of aliphatic hydroxyl groups is 1. The van der Waals surface area contributed by atoms with Crippen LogP contribution < -0.4 is 14.8 Å². The van der Waals surface area contributed by atoms with E-state index in [0.717, 1.165) is 5.56 Å². The van der Waals surface area contributed by atoms with E-state index in [1.165, 1.54) is 19.2 Å². The van der Waals surface area contributed by atoms with Crippen molar-refractivity contribution >= 4 is 23.2 Å². The number of methoxy groups -OCH3 is 1. The van der Waals surface area contributed by atoms with E-state index in [-0.39, 0.29) is 18.8 Å². The van der Waals surface area contributed by atoms with Gasteiger partial charge in [0.25, 0.3) is 0 Å². The van der Waals surface area contributed by atoms with Crippen molar-refractivity contribution in [2.45, 2.75) is 19.6 Å². The fraction of sp³-hybridized carbons (Fsp3) is 0.333. The quantitative estimate of drug-likeness (QED) is 0.633. The number of aliphatic hydroxyl groups excluding tert-OH is 1. The minimum atomic E-state index is -0.438. The van der Waals surface area contributed by atoms with Gasteiger partial charge in [-0.3, -0.25) is 0 Å². The van der Waals surface area contributed by atoms with Crippen molar-refractivity contribution in [2.24, 2.45) is 0 Å². The predicted molar refractivity (Wildman–Crippen MR) is 97.2 cm³/mol. The molecule has 0 aromatic heterocycles. The van der Waals surface area contributed by atoms with Crippen molar-refractivity contribution in [1.82, 2.24) is 5.32 Å². The van der Waals surface area contributed by atoms with Gasteiger partial charge in [0.1, 0.15) is 12.4 Å². The lowest BCUT2D eigenvalue weighted by Crippen LogP contribution is -2.15. The van der Waals surface area contributed by atoms with Gasteiger partial charge in [-0.05, 0) is 42.8 Å². The van der Waals surface area contributed by atoms with Crippen molar-refractivity contribution in [3.8, 4) is 11.5 Å². The summed E-state index contributed by atoms with van der Waals surface area (Å²) in [6, 6.07) is 8.02. The van der Waals surface area contributed by atoms with Gasteiger partial charge in [-0.2, -0.15) is 0 Å². The number of halogens is 3. The Kier molecular flexibility index (Phi) is 7.78. The minimum absolute atomic E-state index is 0.0598. The van der Waals surface area contributed by atoms with Crippen LogP contribution in [-0.4, -0.2) is 25.4 Å². The Morgan fingerprint density at radius 3 is 2.68 bits per heavy atom. The summed E-state index contributed by atoms with van der Waals surface area (Å²) in [4.78, 5) is 0. The maximum Gasteiger partial charge on any atom is 0.180 e. The molecule has 2 aromatic rings. The Balaban J connectivity index is 2.12. The molecule has 4 nitrogen and oxygen atoms in total. The van der Waals surface area contributed by atoms with Crippen molar-refractivity contribution in [1.29, 1.82) is 0 Å². The molecule has 0 atom stereocenters. The largest absolute Gasteiger partial charge is 0.493 e. The van der Waals surface area contributed by atoms with E-state index in [1.54, 1.807) is 18.2 Å². The zero-order chi connectivity index (χ0) is 18.2. The van der Waals surface area contributed by atoms with Crippen LogP contribution in [-0.2, 0) is 13.2 Å². The zero-order valence-corrected chi connectivity index (χ0v) is 15.3. The maximum absolute atomic E-state index is 13.8. The second-order valence-corrected chi connectivity index (χ2v) is 6.17. The van der Waals surface area contributed by atoms with Crippen molar-refractivity contribution in [3.05, 3.63) is 57.3 Å². The van der Waals surface area contributed by atoms with Gasteiger partial charge in [0.15, 0.2) is 11.5 Å². The second kappa shape index (κ2) is 9.82. The van der Waals surface area contributed by atoms with E-state index in [9.17, 15) is 4.39 Å². The van der Waals surface area contributed by atoms with E-state index in [2.05, 4.69) is 5.32 Å². The molecule has 2 aromatic carbocycles. The molecule has 0 heterocycles. The normalized spacial score (nSPS) is 10.8. The van der Waals surface area contributed by atoms with Crippen LogP contribution in [0.2, 0.25) is 10.0 Å². The number of ether oxygens (including phenoxy) is 2. The fourth-order valence-corrected chi connectivity index (χ4v) is 2.77. The lowest BCUT2D eigenvalue weighted by molar-refractivity contribution is 0.279. The lowest BCUT2D eigenvalue weighted by atomic mass is 10.2. The van der Waals surface area contributed by atoms with E-state index >= 15 is 0 Å². The van der Waals surface area contributed by atoms with E-state index in [0.29, 0.717) is 41.1 Å². The van der Waals surface area contributed by atoms with Crippen LogP contribution in [0.5, 0.6) is 11.5 Å². The Hall–Kier alpha value is -1.53. The topological polar surface area (TPSA) is 50.7 Å². The van der Waals surface area contributed by atoms with Gasteiger partial charge in [0, 0.05) is 18.7 Å². The van der Waals surface area contributed by atoms with E-state index in [1.807, 2.05) is 0 Å². The van der Waals surface area contributed by atoms with Crippen LogP contribution in [0.15, 0.2) is 30.3 Å². The molecule has 2 rings (SSSR count). The van der Waals surface area contributed by atoms with Gasteiger partial charge in [-0.1, -0.05) is 29.3 Å². The Labute approximate surface area is 156 Å². The van der Waals surface area contributed by atoms with Gasteiger partial charge in [-0.15, -0.1) is 0 Å². The summed E-state index contributed by atoms with van der Waals surface area (Å²) in [5.74, 6) is 0.355. The molecule has 0 aliphatic rings. The van der Waals surface area contributed by atoms with Crippen LogP contribution in [0, 0.1) is 5.82 Å². The molecular weight excluding hydrogens is 368 g/mol. The highest BCUT2D eigenvalue weighted by molar-refractivity contribution is 6.32. The van der Waals surface area contributed by atoms with E-state index < -0.39 is 5.82 Å². The fourth-order valence-electron chi connectivity index (χ4n) is 2.27. The molecule has 136 valence electrons. The molecule has 0 aliphatic carbocycles. The second-order valence-electron chi connectivity index (χ2n) is 5.35. The lowest BCUT2D eigenvalue weighted by Gasteiger charge is -2.15. The third-order valence-corrected chi connectivity index (χ3v) is 4.19. The summed E-state index contributed by atoms with van der Waals surface area (Å²) in [5.41, 5.74) is 1.17. The third kappa shape index (κ3) is 5.47. The molecule has 0 aliphatic heterocycles. The maximum atomic E-state index is 13.8. The van der Waals surface area contributed by atoms with Gasteiger partial charge >= 0.3 is 0 Å².